The van der Waals surface area contributed by atoms with E-state index in [0.29, 0.717) is 10.8 Å². The fraction of sp³-hybridized carbons (Fsp3) is 0.250. The fourth-order valence-corrected chi connectivity index (χ4v) is 4.99. The number of nitrogens with zero attached hydrogens (tertiary/aromatic N) is 3. The molecule has 1 N–H and O–H groups in total. The highest BCUT2D eigenvalue weighted by atomic mass is 32.2. The number of piperazine rings is 1. The van der Waals surface area contributed by atoms with Crippen molar-refractivity contribution in [3.05, 3.63) is 76.2 Å². The summed E-state index contributed by atoms with van der Waals surface area (Å²) < 4.78 is 26.8. The number of hydrogen-bond acceptors (Lipinski definition) is 5. The molecule has 1 aliphatic rings. The minimum atomic E-state index is -3.46. The summed E-state index contributed by atoms with van der Waals surface area (Å²) >= 11 is 0. The summed E-state index contributed by atoms with van der Waals surface area (Å²) in [4.78, 5) is 26.4. The van der Waals surface area contributed by atoms with Crippen molar-refractivity contribution in [2.45, 2.75) is 5.75 Å². The number of carbonyl (C=O) groups is 1. The van der Waals surface area contributed by atoms with E-state index in [0.717, 1.165) is 5.56 Å². The number of H-pyrrole nitrogens is 1. The predicted molar refractivity (Wildman–Crippen MR) is 109 cm³/mol. The topological polar surface area (TPSA) is 103 Å². The van der Waals surface area contributed by atoms with E-state index in [1.54, 1.807) is 41.3 Å². The number of aromatic nitrogens is 2. The van der Waals surface area contributed by atoms with Crippen molar-refractivity contribution in [2.75, 3.05) is 26.2 Å². The van der Waals surface area contributed by atoms with Gasteiger partial charge in [-0.25, -0.2) is 13.5 Å². The predicted octanol–water partition coefficient (Wildman–Crippen LogP) is 1.21. The molecule has 0 bridgehead atoms. The van der Waals surface area contributed by atoms with Gasteiger partial charge in [0.2, 0.25) is 10.0 Å². The molecule has 150 valence electrons. The van der Waals surface area contributed by atoms with Gasteiger partial charge in [-0.1, -0.05) is 48.5 Å². The lowest BCUT2D eigenvalue weighted by Gasteiger charge is -2.34. The van der Waals surface area contributed by atoms with Gasteiger partial charge in [0.15, 0.2) is 5.69 Å². The number of nitrogens with one attached hydrogen (secondary N) is 1. The Kier molecular flexibility index (Phi) is 5.16. The molecule has 2 heterocycles. The summed E-state index contributed by atoms with van der Waals surface area (Å²) in [6.45, 7) is 0.981. The Hall–Kier alpha value is -3.04. The Labute approximate surface area is 167 Å². The smallest absolute Gasteiger partial charge is 0.275 e. The molecule has 9 heteroatoms. The van der Waals surface area contributed by atoms with Gasteiger partial charge in [0.1, 0.15) is 0 Å². The van der Waals surface area contributed by atoms with Crippen LogP contribution in [0.2, 0.25) is 0 Å². The zero-order chi connectivity index (χ0) is 20.4. The number of benzene rings is 2. The summed E-state index contributed by atoms with van der Waals surface area (Å²) in [5.74, 6) is -0.383. The lowest BCUT2D eigenvalue weighted by molar-refractivity contribution is 0.0693. The molecular weight excluding hydrogens is 392 g/mol. The first-order chi connectivity index (χ1) is 14.0. The molecule has 1 aromatic heterocycles. The number of fused-ring (bicyclic) bond motifs is 1. The molecule has 0 unspecified atom stereocenters. The van der Waals surface area contributed by atoms with Crippen LogP contribution in [0.1, 0.15) is 16.1 Å². The second kappa shape index (κ2) is 7.76. The van der Waals surface area contributed by atoms with Crippen molar-refractivity contribution in [1.29, 1.82) is 0 Å². The van der Waals surface area contributed by atoms with E-state index in [1.807, 2.05) is 18.2 Å². The fourth-order valence-electron chi connectivity index (χ4n) is 3.47. The standard InChI is InChI=1S/C20H20N4O4S/c25-19-17-9-5-4-8-16(17)18(21-22-19)20(26)23-10-12-24(13-11-23)29(27,28)14-15-6-2-1-3-7-15/h1-9H,10-14H2,(H,22,25). The van der Waals surface area contributed by atoms with Gasteiger partial charge in [-0.15, -0.1) is 0 Å². The van der Waals surface area contributed by atoms with E-state index in [9.17, 15) is 18.0 Å². The molecular formula is C20H20N4O4S. The van der Waals surface area contributed by atoms with E-state index in [4.69, 9.17) is 0 Å². The van der Waals surface area contributed by atoms with Crippen molar-refractivity contribution in [3.8, 4) is 0 Å². The van der Waals surface area contributed by atoms with Crippen molar-refractivity contribution < 1.29 is 13.2 Å². The zero-order valence-electron chi connectivity index (χ0n) is 15.6. The van der Waals surface area contributed by atoms with Crippen LogP contribution >= 0.6 is 0 Å². The second-order valence-electron chi connectivity index (χ2n) is 6.88. The number of aromatic amines is 1. The van der Waals surface area contributed by atoms with Gasteiger partial charge in [0, 0.05) is 31.6 Å². The number of carbonyl (C=O) groups excluding carboxylic acids is 1. The third-order valence-corrected chi connectivity index (χ3v) is 6.86. The Morgan fingerprint density at radius 1 is 0.931 bits per heavy atom. The quantitative estimate of drug-likeness (QED) is 0.694. The average molecular weight is 412 g/mol. The van der Waals surface area contributed by atoms with Gasteiger partial charge in [-0.3, -0.25) is 9.59 Å². The molecule has 1 fully saturated rings. The van der Waals surface area contributed by atoms with Gasteiger partial charge >= 0.3 is 0 Å². The third kappa shape index (κ3) is 3.92. The van der Waals surface area contributed by atoms with Gasteiger partial charge in [-0.2, -0.15) is 9.40 Å². The largest absolute Gasteiger partial charge is 0.335 e. The molecule has 0 radical (unpaired) electrons. The van der Waals surface area contributed by atoms with E-state index >= 15 is 0 Å². The maximum absolute atomic E-state index is 12.9. The SMILES string of the molecule is O=C(c1n[nH]c(=O)c2ccccc12)N1CCN(S(=O)(=O)Cc2ccccc2)CC1. The van der Waals surface area contributed by atoms with Crippen LogP contribution in [0.25, 0.3) is 10.8 Å². The van der Waals surface area contributed by atoms with E-state index < -0.39 is 10.0 Å². The van der Waals surface area contributed by atoms with E-state index in [2.05, 4.69) is 10.2 Å². The lowest BCUT2D eigenvalue weighted by Crippen LogP contribution is -2.51. The summed E-state index contributed by atoms with van der Waals surface area (Å²) in [6, 6.07) is 15.8. The molecule has 0 atom stereocenters. The van der Waals surface area contributed by atoms with Crippen LogP contribution in [0.3, 0.4) is 0 Å². The van der Waals surface area contributed by atoms with E-state index in [1.165, 1.54) is 4.31 Å². The molecule has 3 aromatic rings. The van der Waals surface area contributed by atoms with Gasteiger partial charge in [-0.05, 0) is 11.6 Å². The minimum Gasteiger partial charge on any atom is -0.335 e. The Balaban J connectivity index is 1.48. The first-order valence-corrected chi connectivity index (χ1v) is 10.8. The molecule has 0 spiro atoms. The van der Waals surface area contributed by atoms with Crippen LogP contribution < -0.4 is 5.56 Å². The molecule has 29 heavy (non-hydrogen) atoms. The molecule has 8 nitrogen and oxygen atoms in total. The Morgan fingerprint density at radius 3 is 2.24 bits per heavy atom. The van der Waals surface area contributed by atoms with Crippen molar-refractivity contribution in [2.24, 2.45) is 0 Å². The van der Waals surface area contributed by atoms with Crippen molar-refractivity contribution in [3.63, 3.8) is 0 Å². The molecule has 0 aliphatic carbocycles. The Morgan fingerprint density at radius 2 is 1.55 bits per heavy atom. The molecule has 0 saturated carbocycles. The summed E-state index contributed by atoms with van der Waals surface area (Å²) in [7, 11) is -3.46. The number of amides is 1. The van der Waals surface area contributed by atoms with Crippen LogP contribution in [0, 0.1) is 0 Å². The number of hydrogen-bond donors (Lipinski definition) is 1. The highest BCUT2D eigenvalue weighted by Gasteiger charge is 2.30. The van der Waals surface area contributed by atoms with Gasteiger partial charge < -0.3 is 4.90 Å². The minimum absolute atomic E-state index is 0.0616. The third-order valence-electron chi connectivity index (χ3n) is 5.01. The second-order valence-corrected chi connectivity index (χ2v) is 8.85. The van der Waals surface area contributed by atoms with Crippen LogP contribution in [0.15, 0.2) is 59.4 Å². The molecule has 4 rings (SSSR count). The first kappa shape index (κ1) is 19.3. The van der Waals surface area contributed by atoms with Crippen molar-refractivity contribution >= 4 is 26.7 Å². The van der Waals surface area contributed by atoms with Crippen LogP contribution in [-0.4, -0.2) is 59.9 Å². The molecule has 1 saturated heterocycles. The maximum Gasteiger partial charge on any atom is 0.275 e. The monoisotopic (exact) mass is 412 g/mol. The number of sulfonamides is 1. The van der Waals surface area contributed by atoms with Crippen LogP contribution in [0.5, 0.6) is 0 Å². The van der Waals surface area contributed by atoms with Gasteiger partial charge in [0.05, 0.1) is 11.1 Å². The maximum atomic E-state index is 12.9. The highest BCUT2D eigenvalue weighted by molar-refractivity contribution is 7.88. The van der Waals surface area contributed by atoms with Crippen molar-refractivity contribution in [1.82, 2.24) is 19.4 Å². The lowest BCUT2D eigenvalue weighted by atomic mass is 10.1. The number of rotatable bonds is 4. The molecule has 1 aliphatic heterocycles. The summed E-state index contributed by atoms with van der Waals surface area (Å²) in [5.41, 5.74) is 0.546. The Bertz CT molecular complexity index is 1200. The highest BCUT2D eigenvalue weighted by Crippen LogP contribution is 2.18. The normalized spacial score (nSPS) is 15.5. The van der Waals surface area contributed by atoms with E-state index in [-0.39, 0.29) is 49.1 Å². The summed E-state index contributed by atoms with van der Waals surface area (Å²) in [5, 5.41) is 7.19. The average Bonchev–Trinajstić information content (AvgIpc) is 2.74. The first-order valence-electron chi connectivity index (χ1n) is 9.24. The van der Waals surface area contributed by atoms with Crippen LogP contribution in [0.4, 0.5) is 0 Å². The van der Waals surface area contributed by atoms with Gasteiger partial charge in [0.25, 0.3) is 11.5 Å². The zero-order valence-corrected chi connectivity index (χ0v) is 16.4. The molecule has 2 aromatic carbocycles. The summed E-state index contributed by atoms with van der Waals surface area (Å²) in [6.07, 6.45) is 0. The van der Waals surface area contributed by atoms with Crippen LogP contribution in [-0.2, 0) is 15.8 Å². The molecule has 1 amide bonds.